The zero-order chi connectivity index (χ0) is 14.1. The van der Waals surface area contributed by atoms with Crippen LogP contribution in [0, 0.1) is 0 Å². The molecule has 4 aromatic rings. The molecule has 22 heavy (non-hydrogen) atoms. The fraction of sp³-hybridized carbons (Fsp3) is 0. The summed E-state index contributed by atoms with van der Waals surface area (Å²) in [4.78, 5) is 0. The SMILES string of the molecule is [Li+].c1ccc(-c2ccccc2-c2cccc3[cH-]ccc23)cc1. The summed E-state index contributed by atoms with van der Waals surface area (Å²) >= 11 is 0. The third-order valence-corrected chi connectivity index (χ3v) is 3.98. The third-order valence-electron chi connectivity index (χ3n) is 3.98. The van der Waals surface area contributed by atoms with Gasteiger partial charge in [0, 0.05) is 0 Å². The van der Waals surface area contributed by atoms with Crippen LogP contribution in [-0.2, 0) is 0 Å². The van der Waals surface area contributed by atoms with Crippen LogP contribution in [0.15, 0.2) is 91.0 Å². The molecule has 100 valence electrons. The first-order valence-electron chi connectivity index (χ1n) is 7.23. The molecule has 0 aromatic heterocycles. The Bertz CT molecular complexity index is 888. The van der Waals surface area contributed by atoms with Crippen LogP contribution in [0.25, 0.3) is 33.0 Å². The molecular weight excluding hydrogens is 259 g/mol. The first kappa shape index (κ1) is 14.8. The molecule has 0 aliphatic rings. The number of hydrogen-bond acceptors (Lipinski definition) is 0. The molecule has 0 fully saturated rings. The van der Waals surface area contributed by atoms with Crippen LogP contribution in [0.5, 0.6) is 0 Å². The minimum atomic E-state index is 0. The second-order valence-electron chi connectivity index (χ2n) is 5.25. The van der Waals surface area contributed by atoms with E-state index in [0.717, 1.165) is 0 Å². The minimum absolute atomic E-state index is 0. The predicted octanol–water partition coefficient (Wildman–Crippen LogP) is 2.90. The molecule has 4 aromatic carbocycles. The summed E-state index contributed by atoms with van der Waals surface area (Å²) < 4.78 is 0. The zero-order valence-electron chi connectivity index (χ0n) is 12.7. The van der Waals surface area contributed by atoms with E-state index in [-0.39, 0.29) is 18.9 Å². The Balaban J connectivity index is 0.00000144. The molecule has 0 spiro atoms. The molecule has 0 N–H and O–H groups in total. The smallest absolute Gasteiger partial charge is 0.168 e. The summed E-state index contributed by atoms with van der Waals surface area (Å²) in [5.74, 6) is 0. The molecule has 0 aliphatic carbocycles. The molecule has 0 bridgehead atoms. The van der Waals surface area contributed by atoms with Crippen LogP contribution in [0.4, 0.5) is 0 Å². The van der Waals surface area contributed by atoms with Gasteiger partial charge in [-0.05, 0) is 16.7 Å². The summed E-state index contributed by atoms with van der Waals surface area (Å²) in [5.41, 5.74) is 5.14. The van der Waals surface area contributed by atoms with E-state index in [0.29, 0.717) is 0 Å². The van der Waals surface area contributed by atoms with Crippen molar-refractivity contribution in [1.29, 1.82) is 0 Å². The zero-order valence-corrected chi connectivity index (χ0v) is 12.7. The van der Waals surface area contributed by atoms with Crippen molar-refractivity contribution in [3.63, 3.8) is 0 Å². The van der Waals surface area contributed by atoms with Gasteiger partial charge in [0.15, 0.2) is 0 Å². The van der Waals surface area contributed by atoms with Crippen molar-refractivity contribution in [3.05, 3.63) is 91.0 Å². The number of fused-ring (bicyclic) bond motifs is 1. The molecule has 0 unspecified atom stereocenters. The summed E-state index contributed by atoms with van der Waals surface area (Å²) in [6.07, 6.45) is 0. The summed E-state index contributed by atoms with van der Waals surface area (Å²) in [6, 6.07) is 32.2. The van der Waals surface area contributed by atoms with Crippen molar-refractivity contribution in [2.45, 2.75) is 0 Å². The van der Waals surface area contributed by atoms with Crippen molar-refractivity contribution >= 4 is 10.8 Å². The van der Waals surface area contributed by atoms with Crippen molar-refractivity contribution < 1.29 is 18.9 Å². The Hall–Kier alpha value is -2.13. The van der Waals surface area contributed by atoms with Crippen molar-refractivity contribution in [2.75, 3.05) is 0 Å². The average molecular weight is 274 g/mol. The van der Waals surface area contributed by atoms with E-state index in [1.165, 1.54) is 33.0 Å². The number of rotatable bonds is 2. The number of benzene rings is 3. The molecule has 0 nitrogen and oxygen atoms in total. The van der Waals surface area contributed by atoms with Gasteiger partial charge in [0.05, 0.1) is 0 Å². The van der Waals surface area contributed by atoms with E-state index in [2.05, 4.69) is 91.0 Å². The van der Waals surface area contributed by atoms with Gasteiger partial charge in [-0.15, -0.1) is 29.0 Å². The minimum Gasteiger partial charge on any atom is -0.168 e. The molecule has 1 heteroatoms. The second-order valence-corrected chi connectivity index (χ2v) is 5.25. The van der Waals surface area contributed by atoms with E-state index >= 15 is 0 Å². The van der Waals surface area contributed by atoms with Gasteiger partial charge in [-0.25, -0.2) is 0 Å². The van der Waals surface area contributed by atoms with Crippen LogP contribution in [0.1, 0.15) is 0 Å². The maximum Gasteiger partial charge on any atom is 1.00 e. The molecule has 0 saturated carbocycles. The second kappa shape index (κ2) is 6.32. The standard InChI is InChI=1S/C21H15.Li/c1-2-8-16(9-3-1)18-12-4-5-13-20(18)21-15-7-11-17-10-6-14-19(17)21;/h1-15H;/q-1;+1. The first-order chi connectivity index (χ1) is 10.4. The van der Waals surface area contributed by atoms with Crippen molar-refractivity contribution in [2.24, 2.45) is 0 Å². The van der Waals surface area contributed by atoms with Crippen LogP contribution in [0.2, 0.25) is 0 Å². The van der Waals surface area contributed by atoms with Gasteiger partial charge in [-0.1, -0.05) is 66.2 Å². The molecule has 0 radical (unpaired) electrons. The Morgan fingerprint density at radius 1 is 0.545 bits per heavy atom. The Labute approximate surface area is 143 Å². The number of hydrogen-bond donors (Lipinski definition) is 0. The average Bonchev–Trinajstić information content (AvgIpc) is 3.04. The van der Waals surface area contributed by atoms with E-state index in [1.54, 1.807) is 0 Å². The fourth-order valence-corrected chi connectivity index (χ4v) is 2.98. The Kier molecular flexibility index (Phi) is 4.25. The predicted molar refractivity (Wildman–Crippen MR) is 90.4 cm³/mol. The van der Waals surface area contributed by atoms with Gasteiger partial charge < -0.3 is 0 Å². The maximum atomic E-state index is 2.21. The van der Waals surface area contributed by atoms with E-state index in [4.69, 9.17) is 0 Å². The Morgan fingerprint density at radius 2 is 1.23 bits per heavy atom. The molecule has 0 heterocycles. The molecule has 0 aliphatic heterocycles. The normalized spacial score (nSPS) is 10.4. The quantitative estimate of drug-likeness (QED) is 0.389. The molecular formula is C21H15Li. The van der Waals surface area contributed by atoms with Crippen LogP contribution < -0.4 is 18.9 Å². The largest absolute Gasteiger partial charge is 1.00 e. The van der Waals surface area contributed by atoms with Gasteiger partial charge in [0.25, 0.3) is 0 Å². The summed E-state index contributed by atoms with van der Waals surface area (Å²) in [7, 11) is 0. The molecule has 4 rings (SSSR count). The summed E-state index contributed by atoms with van der Waals surface area (Å²) in [5, 5.41) is 2.62. The van der Waals surface area contributed by atoms with Crippen molar-refractivity contribution in [3.8, 4) is 22.3 Å². The van der Waals surface area contributed by atoms with E-state index in [1.807, 2.05) is 0 Å². The maximum absolute atomic E-state index is 2.21. The molecule has 0 atom stereocenters. The topological polar surface area (TPSA) is 0 Å². The van der Waals surface area contributed by atoms with Gasteiger partial charge >= 0.3 is 18.9 Å². The first-order valence-corrected chi connectivity index (χ1v) is 7.23. The van der Waals surface area contributed by atoms with Crippen LogP contribution in [-0.4, -0.2) is 0 Å². The van der Waals surface area contributed by atoms with Gasteiger partial charge in [0.1, 0.15) is 0 Å². The monoisotopic (exact) mass is 274 g/mol. The molecule has 0 amide bonds. The van der Waals surface area contributed by atoms with Gasteiger partial charge in [-0.3, -0.25) is 0 Å². The van der Waals surface area contributed by atoms with Crippen LogP contribution in [0.3, 0.4) is 0 Å². The fourth-order valence-electron chi connectivity index (χ4n) is 2.98. The third kappa shape index (κ3) is 2.53. The van der Waals surface area contributed by atoms with E-state index in [9.17, 15) is 0 Å². The molecule has 0 saturated heterocycles. The van der Waals surface area contributed by atoms with E-state index < -0.39 is 0 Å². The Morgan fingerprint density at radius 3 is 2.05 bits per heavy atom. The van der Waals surface area contributed by atoms with Gasteiger partial charge in [-0.2, -0.15) is 12.1 Å². The van der Waals surface area contributed by atoms with Crippen molar-refractivity contribution in [1.82, 2.24) is 0 Å². The van der Waals surface area contributed by atoms with Crippen LogP contribution >= 0.6 is 0 Å². The summed E-state index contributed by atoms with van der Waals surface area (Å²) in [6.45, 7) is 0. The van der Waals surface area contributed by atoms with Gasteiger partial charge in [0.2, 0.25) is 0 Å².